The first-order chi connectivity index (χ1) is 9.70. The number of halogens is 3. The van der Waals surface area contributed by atoms with Crippen molar-refractivity contribution in [1.29, 1.82) is 0 Å². The van der Waals surface area contributed by atoms with E-state index >= 15 is 0 Å². The van der Waals surface area contributed by atoms with E-state index < -0.39 is 23.7 Å². The number of rotatable bonds is 6. The predicted octanol–water partition coefficient (Wildman–Crippen LogP) is 1.89. The van der Waals surface area contributed by atoms with E-state index in [0.717, 1.165) is 23.7 Å². The van der Waals surface area contributed by atoms with Crippen LogP contribution in [0.5, 0.6) is 0 Å². The zero-order chi connectivity index (χ0) is 16.2. The van der Waals surface area contributed by atoms with Crippen LogP contribution in [0.2, 0.25) is 0 Å². The van der Waals surface area contributed by atoms with Crippen LogP contribution in [0, 0.1) is 0 Å². The molecule has 0 aliphatic carbocycles. The summed E-state index contributed by atoms with van der Waals surface area (Å²) < 4.78 is 37.7. The Morgan fingerprint density at radius 1 is 1.33 bits per heavy atom. The van der Waals surface area contributed by atoms with E-state index in [1.807, 2.05) is 13.8 Å². The van der Waals surface area contributed by atoms with Crippen LogP contribution >= 0.6 is 0 Å². The number of Topliss-reactive ketones (excluding diaryl/α,β-unsaturated/α-hetero) is 1. The Kier molecular flexibility index (Phi) is 5.45. The molecule has 118 valence electrons. The molecule has 1 heterocycles. The van der Waals surface area contributed by atoms with Crippen LogP contribution in [0.25, 0.3) is 0 Å². The van der Waals surface area contributed by atoms with Gasteiger partial charge in [-0.1, -0.05) is 19.1 Å². The molecular weight excluding hydrogens is 289 g/mol. The van der Waals surface area contributed by atoms with Crippen molar-refractivity contribution in [2.75, 3.05) is 0 Å². The molecule has 1 unspecified atom stereocenters. The Bertz CT molecular complexity index is 509. The summed E-state index contributed by atoms with van der Waals surface area (Å²) in [5.41, 5.74) is -0.829. The molecule has 0 radical (unpaired) electrons. The number of ketones is 1. The van der Waals surface area contributed by atoms with Crippen LogP contribution in [0.15, 0.2) is 6.20 Å². The van der Waals surface area contributed by atoms with E-state index in [-0.39, 0.29) is 11.9 Å². The maximum absolute atomic E-state index is 12.3. The minimum atomic E-state index is -5.01. The molecule has 0 saturated carbocycles. The van der Waals surface area contributed by atoms with Crippen LogP contribution in [0.3, 0.4) is 0 Å². The molecule has 0 bridgehead atoms. The van der Waals surface area contributed by atoms with E-state index in [1.165, 1.54) is 6.92 Å². The van der Waals surface area contributed by atoms with Gasteiger partial charge in [0.2, 0.25) is 5.91 Å². The first-order valence-electron chi connectivity index (χ1n) is 6.54. The highest BCUT2D eigenvalue weighted by molar-refractivity contribution is 5.98. The zero-order valence-corrected chi connectivity index (χ0v) is 11.9. The molecule has 1 amide bonds. The van der Waals surface area contributed by atoms with Gasteiger partial charge in [-0.05, 0) is 19.8 Å². The van der Waals surface area contributed by atoms with E-state index in [1.54, 1.807) is 0 Å². The van der Waals surface area contributed by atoms with E-state index in [9.17, 15) is 22.8 Å². The lowest BCUT2D eigenvalue weighted by Gasteiger charge is -2.18. The van der Waals surface area contributed by atoms with Gasteiger partial charge in [0.05, 0.1) is 6.20 Å². The number of amides is 1. The molecule has 0 fully saturated rings. The Morgan fingerprint density at radius 3 is 2.38 bits per heavy atom. The number of alkyl halides is 3. The Morgan fingerprint density at radius 2 is 1.90 bits per heavy atom. The summed E-state index contributed by atoms with van der Waals surface area (Å²) in [4.78, 5) is 22.9. The molecule has 1 atom stereocenters. The van der Waals surface area contributed by atoms with Crippen molar-refractivity contribution < 1.29 is 22.8 Å². The molecule has 0 aliphatic rings. The van der Waals surface area contributed by atoms with Crippen LogP contribution < -0.4 is 5.32 Å². The maximum Gasteiger partial charge on any atom is 0.456 e. The van der Waals surface area contributed by atoms with Crippen molar-refractivity contribution in [3.05, 3.63) is 11.9 Å². The molecular formula is C12H17F3N4O2. The Hall–Kier alpha value is -1.93. The Labute approximate surface area is 119 Å². The molecule has 9 heteroatoms. The maximum atomic E-state index is 12.3. The van der Waals surface area contributed by atoms with Gasteiger partial charge in [-0.25, -0.2) is 4.68 Å². The molecule has 0 saturated heterocycles. The van der Waals surface area contributed by atoms with Crippen LogP contribution in [0.4, 0.5) is 13.2 Å². The van der Waals surface area contributed by atoms with Gasteiger partial charge >= 0.3 is 6.18 Å². The van der Waals surface area contributed by atoms with E-state index in [4.69, 9.17) is 0 Å². The summed E-state index contributed by atoms with van der Waals surface area (Å²) in [6.07, 6.45) is -2.71. The number of carbonyl (C=O) groups excluding carboxylic acids is 2. The normalized spacial score (nSPS) is 13.3. The molecule has 0 aromatic carbocycles. The summed E-state index contributed by atoms with van der Waals surface area (Å²) >= 11 is 0. The molecule has 1 rings (SSSR count). The number of carbonyl (C=O) groups is 2. The predicted molar refractivity (Wildman–Crippen MR) is 67.6 cm³/mol. The van der Waals surface area contributed by atoms with E-state index in [0.29, 0.717) is 0 Å². The lowest BCUT2D eigenvalue weighted by atomic mass is 10.1. The van der Waals surface area contributed by atoms with Crippen molar-refractivity contribution in [3.63, 3.8) is 0 Å². The fourth-order valence-electron chi connectivity index (χ4n) is 1.65. The topological polar surface area (TPSA) is 76.9 Å². The lowest BCUT2D eigenvalue weighted by molar-refractivity contribution is -0.124. The first kappa shape index (κ1) is 17.1. The number of nitrogens with one attached hydrogen (secondary N) is 1. The number of hydrogen-bond acceptors (Lipinski definition) is 4. The van der Waals surface area contributed by atoms with Crippen molar-refractivity contribution in [2.45, 2.75) is 51.9 Å². The van der Waals surface area contributed by atoms with Gasteiger partial charge in [0.15, 0.2) is 5.69 Å². The monoisotopic (exact) mass is 306 g/mol. The van der Waals surface area contributed by atoms with Crippen molar-refractivity contribution in [1.82, 2.24) is 20.3 Å². The summed E-state index contributed by atoms with van der Waals surface area (Å²) in [7, 11) is 0. The molecule has 1 N–H and O–H groups in total. The van der Waals surface area contributed by atoms with Gasteiger partial charge in [0, 0.05) is 6.04 Å². The van der Waals surface area contributed by atoms with Crippen molar-refractivity contribution in [3.8, 4) is 0 Å². The minimum absolute atomic E-state index is 0.0141. The number of aromatic nitrogens is 3. The van der Waals surface area contributed by atoms with Crippen molar-refractivity contribution >= 4 is 11.7 Å². The average Bonchev–Trinajstić information content (AvgIpc) is 2.91. The van der Waals surface area contributed by atoms with Gasteiger partial charge in [-0.3, -0.25) is 9.59 Å². The summed E-state index contributed by atoms with van der Waals surface area (Å²) in [6, 6.07) is -0.868. The van der Waals surface area contributed by atoms with Crippen molar-refractivity contribution in [2.24, 2.45) is 0 Å². The molecule has 0 aliphatic heterocycles. The van der Waals surface area contributed by atoms with Crippen LogP contribution in [-0.4, -0.2) is 38.9 Å². The summed E-state index contributed by atoms with van der Waals surface area (Å²) in [5, 5.41) is 9.33. The SMILES string of the molecule is CCC(CC)NC(=O)C(C)n1cc(C(=O)C(F)(F)F)nn1. The smallest absolute Gasteiger partial charge is 0.352 e. The third-order valence-corrected chi connectivity index (χ3v) is 3.11. The highest BCUT2D eigenvalue weighted by Crippen LogP contribution is 2.20. The summed E-state index contributed by atoms with van der Waals surface area (Å²) in [5.74, 6) is -2.47. The van der Waals surface area contributed by atoms with Crippen LogP contribution in [0.1, 0.15) is 50.1 Å². The van der Waals surface area contributed by atoms with Gasteiger partial charge < -0.3 is 5.32 Å². The zero-order valence-electron chi connectivity index (χ0n) is 11.9. The minimum Gasteiger partial charge on any atom is -0.352 e. The molecule has 1 aromatic heterocycles. The molecule has 21 heavy (non-hydrogen) atoms. The Balaban J connectivity index is 2.81. The van der Waals surface area contributed by atoms with Gasteiger partial charge in [0.25, 0.3) is 5.78 Å². The van der Waals surface area contributed by atoms with Gasteiger partial charge in [0.1, 0.15) is 6.04 Å². The highest BCUT2D eigenvalue weighted by Gasteiger charge is 2.41. The quantitative estimate of drug-likeness (QED) is 0.814. The summed E-state index contributed by atoms with van der Waals surface area (Å²) in [6.45, 7) is 5.29. The lowest BCUT2D eigenvalue weighted by Crippen LogP contribution is -2.38. The number of hydrogen-bond donors (Lipinski definition) is 1. The largest absolute Gasteiger partial charge is 0.456 e. The fraction of sp³-hybridized carbons (Fsp3) is 0.667. The molecule has 1 aromatic rings. The standard InChI is InChI=1S/C12H17F3N4O2/c1-4-8(5-2)16-11(21)7(3)19-6-9(17-18-19)10(20)12(13,14)15/h6-8H,4-5H2,1-3H3,(H,16,21). The van der Waals surface area contributed by atoms with Gasteiger partial charge in [-0.2, -0.15) is 13.2 Å². The third kappa shape index (κ3) is 4.27. The fourth-order valence-corrected chi connectivity index (χ4v) is 1.65. The first-order valence-corrected chi connectivity index (χ1v) is 6.54. The number of nitrogens with zero attached hydrogens (tertiary/aromatic N) is 3. The molecule has 6 nitrogen and oxygen atoms in total. The second kappa shape index (κ2) is 6.68. The van der Waals surface area contributed by atoms with Gasteiger partial charge in [-0.15, -0.1) is 5.10 Å². The third-order valence-electron chi connectivity index (χ3n) is 3.11. The highest BCUT2D eigenvalue weighted by atomic mass is 19.4. The second-order valence-corrected chi connectivity index (χ2v) is 4.61. The second-order valence-electron chi connectivity index (χ2n) is 4.61. The average molecular weight is 306 g/mol. The van der Waals surface area contributed by atoms with Crippen LogP contribution in [-0.2, 0) is 4.79 Å². The molecule has 0 spiro atoms. The van der Waals surface area contributed by atoms with E-state index in [2.05, 4.69) is 15.6 Å².